The highest BCUT2D eigenvalue weighted by Gasteiger charge is 2.38. The number of hydrogen-bond acceptors (Lipinski definition) is 7. The highest BCUT2D eigenvalue weighted by Crippen LogP contribution is 2.39. The maximum Gasteiger partial charge on any atom is 0.418 e. The molecule has 0 bridgehead atoms. The van der Waals surface area contributed by atoms with Crippen LogP contribution in [0.15, 0.2) is 41.2 Å². The fraction of sp³-hybridized carbons (Fsp3) is 0.346. The van der Waals surface area contributed by atoms with Gasteiger partial charge in [-0.25, -0.2) is 4.79 Å². The molecule has 39 heavy (non-hydrogen) atoms. The summed E-state index contributed by atoms with van der Waals surface area (Å²) >= 11 is 0. The van der Waals surface area contributed by atoms with E-state index in [0.29, 0.717) is 46.0 Å². The van der Waals surface area contributed by atoms with Crippen LogP contribution in [-0.2, 0) is 12.6 Å². The Morgan fingerprint density at radius 2 is 1.77 bits per heavy atom. The van der Waals surface area contributed by atoms with Gasteiger partial charge in [0.05, 0.1) is 37.3 Å². The summed E-state index contributed by atoms with van der Waals surface area (Å²) in [4.78, 5) is 28.2. The van der Waals surface area contributed by atoms with Crippen molar-refractivity contribution >= 4 is 17.5 Å². The number of aliphatic hydroxyl groups is 1. The van der Waals surface area contributed by atoms with Gasteiger partial charge in [0.2, 0.25) is 0 Å². The molecule has 1 aromatic heterocycles. The summed E-state index contributed by atoms with van der Waals surface area (Å²) < 4.78 is 53.9. The van der Waals surface area contributed by atoms with Gasteiger partial charge in [0, 0.05) is 42.5 Å². The monoisotopic (exact) mass is 546 g/mol. The van der Waals surface area contributed by atoms with E-state index in [1.165, 1.54) is 26.4 Å². The third-order valence-corrected chi connectivity index (χ3v) is 6.92. The number of alkyl halides is 3. The van der Waals surface area contributed by atoms with E-state index < -0.39 is 35.2 Å². The standard InChI is InChI=1S/C26H25F3N4O6/c1-38-17-9-14(10-18(12-17)39-2)22-19-6-8-32(25(36)37)23(19)24(35)33(30-22)21-11-15(31-7-5-16(34)13-31)3-4-20(21)26(27,28)29/h3-4,9-12,16,34H,5-8,13H2,1-2H3,(H,36,37)/t16-/m1/s1. The highest BCUT2D eigenvalue weighted by molar-refractivity contribution is 5.91. The number of fused-ring (bicyclic) bond motifs is 1. The van der Waals surface area contributed by atoms with Crippen LogP contribution in [0.25, 0.3) is 16.9 Å². The lowest BCUT2D eigenvalue weighted by molar-refractivity contribution is -0.137. The molecule has 3 heterocycles. The molecule has 13 heteroatoms. The zero-order valence-electron chi connectivity index (χ0n) is 21.0. The van der Waals surface area contributed by atoms with Crippen LogP contribution in [0.1, 0.15) is 17.5 Å². The van der Waals surface area contributed by atoms with Crippen molar-refractivity contribution in [2.75, 3.05) is 43.7 Å². The SMILES string of the molecule is COc1cc(OC)cc(-c2nn(-c3cc(N4CC[C@@H](O)C4)ccc3C(F)(F)F)c(=O)c3c2CCN3C(=O)O)c1. The third-order valence-electron chi connectivity index (χ3n) is 6.92. The summed E-state index contributed by atoms with van der Waals surface area (Å²) in [5.41, 5.74) is -1.77. The van der Waals surface area contributed by atoms with Crippen LogP contribution in [0, 0.1) is 0 Å². The van der Waals surface area contributed by atoms with E-state index in [-0.39, 0.29) is 30.9 Å². The largest absolute Gasteiger partial charge is 0.497 e. The zero-order valence-corrected chi connectivity index (χ0v) is 21.0. The number of ether oxygens (including phenoxy) is 2. The summed E-state index contributed by atoms with van der Waals surface area (Å²) in [6, 6.07) is 8.09. The van der Waals surface area contributed by atoms with Gasteiger partial charge in [0.1, 0.15) is 17.2 Å². The van der Waals surface area contributed by atoms with Crippen molar-refractivity contribution in [2.24, 2.45) is 0 Å². The molecule has 2 N–H and O–H groups in total. The van der Waals surface area contributed by atoms with E-state index in [0.717, 1.165) is 11.0 Å². The first kappa shape index (κ1) is 26.4. The summed E-state index contributed by atoms with van der Waals surface area (Å²) in [7, 11) is 2.86. The molecule has 0 unspecified atom stereocenters. The van der Waals surface area contributed by atoms with Crippen molar-refractivity contribution in [2.45, 2.75) is 25.1 Å². The van der Waals surface area contributed by atoms with Gasteiger partial charge < -0.3 is 24.6 Å². The van der Waals surface area contributed by atoms with Crippen LogP contribution in [0.3, 0.4) is 0 Å². The van der Waals surface area contributed by atoms with Gasteiger partial charge in [-0.15, -0.1) is 0 Å². The van der Waals surface area contributed by atoms with Crippen molar-refractivity contribution in [1.82, 2.24) is 9.78 Å². The molecule has 2 aliphatic heterocycles. The summed E-state index contributed by atoms with van der Waals surface area (Å²) in [6.45, 7) is 0.580. The fourth-order valence-electron chi connectivity index (χ4n) is 5.04. The molecule has 2 aromatic carbocycles. The molecule has 5 rings (SSSR count). The van der Waals surface area contributed by atoms with E-state index in [4.69, 9.17) is 9.47 Å². The molecule has 10 nitrogen and oxygen atoms in total. The number of methoxy groups -OCH3 is 2. The molecule has 0 spiro atoms. The van der Waals surface area contributed by atoms with Crippen LogP contribution in [0.5, 0.6) is 11.5 Å². The lowest BCUT2D eigenvalue weighted by atomic mass is 10.0. The molecule has 1 amide bonds. The van der Waals surface area contributed by atoms with E-state index in [9.17, 15) is 33.0 Å². The Hall–Kier alpha value is -4.26. The quantitative estimate of drug-likeness (QED) is 0.499. The van der Waals surface area contributed by atoms with Gasteiger partial charge in [0.25, 0.3) is 5.56 Å². The number of anilines is 2. The first-order valence-corrected chi connectivity index (χ1v) is 12.1. The normalized spacial score (nSPS) is 16.9. The maximum absolute atomic E-state index is 14.2. The lowest BCUT2D eigenvalue weighted by Gasteiger charge is -2.22. The molecule has 1 saturated heterocycles. The Morgan fingerprint density at radius 1 is 1.08 bits per heavy atom. The Balaban J connectivity index is 1.81. The number of β-amino-alcohol motifs (C(OH)–C–C–N with tert-alkyl or cyclic N) is 1. The molecular weight excluding hydrogens is 521 g/mol. The summed E-state index contributed by atoms with van der Waals surface area (Å²) in [6.07, 6.45) is -6.30. The van der Waals surface area contributed by atoms with E-state index in [1.54, 1.807) is 23.1 Å². The zero-order chi connectivity index (χ0) is 28.1. The Morgan fingerprint density at radius 3 is 2.33 bits per heavy atom. The van der Waals surface area contributed by atoms with E-state index in [2.05, 4.69) is 5.10 Å². The third kappa shape index (κ3) is 4.73. The van der Waals surface area contributed by atoms with Crippen LogP contribution < -0.4 is 24.8 Å². The Bertz CT molecular complexity index is 1480. The molecule has 0 saturated carbocycles. The number of aliphatic hydroxyl groups excluding tert-OH is 1. The number of amides is 1. The second kappa shape index (κ2) is 9.80. The molecule has 3 aromatic rings. The van der Waals surface area contributed by atoms with Gasteiger partial charge in [-0.1, -0.05) is 0 Å². The summed E-state index contributed by atoms with van der Waals surface area (Å²) in [5, 5.41) is 24.1. The van der Waals surface area contributed by atoms with Gasteiger partial charge in [-0.2, -0.15) is 23.0 Å². The lowest BCUT2D eigenvalue weighted by Crippen LogP contribution is -2.35. The van der Waals surface area contributed by atoms with Gasteiger partial charge >= 0.3 is 12.3 Å². The molecule has 206 valence electrons. The van der Waals surface area contributed by atoms with E-state index in [1.807, 2.05) is 0 Å². The van der Waals surface area contributed by atoms with Crippen molar-refractivity contribution in [3.05, 3.63) is 57.9 Å². The van der Waals surface area contributed by atoms with Crippen LogP contribution >= 0.6 is 0 Å². The van der Waals surface area contributed by atoms with Crippen molar-refractivity contribution in [1.29, 1.82) is 0 Å². The minimum atomic E-state index is -4.84. The fourth-order valence-corrected chi connectivity index (χ4v) is 5.04. The number of benzene rings is 2. The number of carbonyl (C=O) groups is 1. The van der Waals surface area contributed by atoms with Crippen LogP contribution in [0.2, 0.25) is 0 Å². The molecule has 1 fully saturated rings. The number of rotatable bonds is 5. The Kier molecular flexibility index (Phi) is 6.62. The highest BCUT2D eigenvalue weighted by atomic mass is 19.4. The predicted octanol–water partition coefficient (Wildman–Crippen LogP) is 3.55. The molecule has 0 radical (unpaired) electrons. The number of aromatic nitrogens is 2. The number of carboxylic acid groups (broad SMARTS) is 1. The Labute approximate surface area is 220 Å². The van der Waals surface area contributed by atoms with Crippen molar-refractivity contribution in [3.63, 3.8) is 0 Å². The van der Waals surface area contributed by atoms with Crippen LogP contribution in [0.4, 0.5) is 29.3 Å². The number of hydrogen-bond donors (Lipinski definition) is 2. The first-order chi connectivity index (χ1) is 18.5. The average molecular weight is 547 g/mol. The summed E-state index contributed by atoms with van der Waals surface area (Å²) in [5.74, 6) is 0.743. The molecule has 1 atom stereocenters. The second-order valence-corrected chi connectivity index (χ2v) is 9.27. The first-order valence-electron chi connectivity index (χ1n) is 12.1. The van der Waals surface area contributed by atoms with Gasteiger partial charge in [-0.3, -0.25) is 9.69 Å². The molecule has 2 aliphatic rings. The molecular formula is C26H25F3N4O6. The predicted molar refractivity (Wildman–Crippen MR) is 135 cm³/mol. The number of nitrogens with zero attached hydrogens (tertiary/aromatic N) is 4. The second-order valence-electron chi connectivity index (χ2n) is 9.27. The van der Waals surface area contributed by atoms with Crippen LogP contribution in [-0.4, -0.2) is 66.0 Å². The average Bonchev–Trinajstić information content (AvgIpc) is 3.55. The van der Waals surface area contributed by atoms with Crippen molar-refractivity contribution in [3.8, 4) is 28.4 Å². The topological polar surface area (TPSA) is 117 Å². The van der Waals surface area contributed by atoms with Gasteiger partial charge in [0.15, 0.2) is 0 Å². The minimum Gasteiger partial charge on any atom is -0.497 e. The smallest absolute Gasteiger partial charge is 0.418 e. The number of halogens is 3. The van der Waals surface area contributed by atoms with Crippen molar-refractivity contribution < 1.29 is 37.7 Å². The molecule has 0 aliphatic carbocycles. The minimum absolute atomic E-state index is 0.0580. The van der Waals surface area contributed by atoms with E-state index >= 15 is 0 Å². The maximum atomic E-state index is 14.2. The van der Waals surface area contributed by atoms with Gasteiger partial charge in [-0.05, 0) is 43.2 Å².